The van der Waals surface area contributed by atoms with E-state index in [1.54, 1.807) is 50.2 Å². The summed E-state index contributed by atoms with van der Waals surface area (Å²) in [7, 11) is 4.41. The van der Waals surface area contributed by atoms with E-state index in [0.29, 0.717) is 33.6 Å². The molecule has 0 radical (unpaired) electrons. The van der Waals surface area contributed by atoms with E-state index in [9.17, 15) is 14.9 Å². The molecule has 0 fully saturated rings. The number of hydrogen-bond acceptors (Lipinski definition) is 7. The van der Waals surface area contributed by atoms with E-state index < -0.39 is 11.9 Å². The summed E-state index contributed by atoms with van der Waals surface area (Å²) in [6.07, 6.45) is 0. The van der Waals surface area contributed by atoms with Crippen molar-refractivity contribution in [2.75, 3.05) is 21.3 Å². The van der Waals surface area contributed by atoms with Gasteiger partial charge in [-0.1, -0.05) is 18.2 Å². The molecule has 0 aliphatic rings. The third-order valence-corrected chi connectivity index (χ3v) is 4.96. The Bertz CT molecular complexity index is 1230. The fraction of sp³-hybridized carbons (Fsp3) is 0.304. The van der Waals surface area contributed by atoms with Gasteiger partial charge in [0.05, 0.1) is 38.8 Å². The lowest BCUT2D eigenvalue weighted by molar-refractivity contribution is 0.0939. The molecule has 0 aliphatic heterocycles. The van der Waals surface area contributed by atoms with Gasteiger partial charge in [0, 0.05) is 5.39 Å². The van der Waals surface area contributed by atoms with Crippen molar-refractivity contribution in [1.82, 2.24) is 15.1 Å². The summed E-state index contributed by atoms with van der Waals surface area (Å²) < 4.78 is 17.2. The number of benzene rings is 2. The molecule has 0 spiro atoms. The van der Waals surface area contributed by atoms with E-state index in [2.05, 4.69) is 16.5 Å². The van der Waals surface area contributed by atoms with Crippen molar-refractivity contribution in [3.8, 4) is 23.3 Å². The van der Waals surface area contributed by atoms with Crippen LogP contribution in [0.1, 0.15) is 42.0 Å². The number of hydrogen-bond donors (Lipinski definition) is 1. The predicted molar refractivity (Wildman–Crippen MR) is 118 cm³/mol. The number of aromatic nitrogens is 2. The van der Waals surface area contributed by atoms with Crippen LogP contribution in [0.15, 0.2) is 41.2 Å². The monoisotopic (exact) mass is 436 g/mol. The number of fused-ring (bicyclic) bond motifs is 1. The van der Waals surface area contributed by atoms with Crippen LogP contribution < -0.4 is 25.1 Å². The first-order valence-electron chi connectivity index (χ1n) is 9.88. The highest BCUT2D eigenvalue weighted by atomic mass is 16.5. The first-order valence-corrected chi connectivity index (χ1v) is 9.88. The molecule has 9 heteroatoms. The average Bonchev–Trinajstić information content (AvgIpc) is 2.81. The number of ether oxygens (including phenoxy) is 3. The van der Waals surface area contributed by atoms with Crippen molar-refractivity contribution in [2.45, 2.75) is 25.9 Å². The molecule has 1 unspecified atom stereocenters. The summed E-state index contributed by atoms with van der Waals surface area (Å²) in [6.45, 7) is 3.61. The Morgan fingerprint density at radius 1 is 1.06 bits per heavy atom. The zero-order chi connectivity index (χ0) is 23.4. The molecule has 0 bridgehead atoms. The van der Waals surface area contributed by atoms with Gasteiger partial charge in [0.1, 0.15) is 6.04 Å². The van der Waals surface area contributed by atoms with Crippen LogP contribution in [-0.2, 0) is 0 Å². The van der Waals surface area contributed by atoms with Crippen LogP contribution >= 0.6 is 0 Å². The number of carbonyl (C=O) groups excluding carboxylic acids is 1. The Morgan fingerprint density at radius 2 is 1.66 bits per heavy atom. The fourth-order valence-electron chi connectivity index (χ4n) is 3.38. The van der Waals surface area contributed by atoms with Crippen LogP contribution in [-0.4, -0.2) is 37.0 Å². The van der Waals surface area contributed by atoms with Crippen LogP contribution in [0, 0.1) is 11.3 Å². The van der Waals surface area contributed by atoms with Crippen molar-refractivity contribution in [1.29, 1.82) is 5.26 Å². The second-order valence-electron chi connectivity index (χ2n) is 7.23. The van der Waals surface area contributed by atoms with Crippen LogP contribution in [0.3, 0.4) is 0 Å². The summed E-state index contributed by atoms with van der Waals surface area (Å²) in [5.74, 6) is 0.496. The van der Waals surface area contributed by atoms with E-state index in [1.807, 2.05) is 0 Å². The normalized spacial score (nSPS) is 11.7. The molecule has 1 atom stereocenters. The maximum Gasteiger partial charge on any atom is 0.274 e. The van der Waals surface area contributed by atoms with Gasteiger partial charge in [0.15, 0.2) is 17.2 Å². The largest absolute Gasteiger partial charge is 0.493 e. The van der Waals surface area contributed by atoms with Gasteiger partial charge >= 0.3 is 0 Å². The smallest absolute Gasteiger partial charge is 0.274 e. The minimum atomic E-state index is -1.03. The summed E-state index contributed by atoms with van der Waals surface area (Å²) in [6, 6.07) is 10.7. The number of nitrogens with zero attached hydrogens (tertiary/aromatic N) is 3. The van der Waals surface area contributed by atoms with Crippen molar-refractivity contribution in [3.05, 3.63) is 58.0 Å². The standard InChI is InChI=1S/C23H24N4O5/c1-13(2)27-23(29)16-9-7-6-8-15(16)20(26-27)22(28)25-17(12-24)14-10-18(30-3)21(32-5)19(11-14)31-4/h6-11,13,17H,1-5H3,(H,25,28). The van der Waals surface area contributed by atoms with E-state index in [0.717, 1.165) is 0 Å². The molecule has 9 nitrogen and oxygen atoms in total. The lowest BCUT2D eigenvalue weighted by Gasteiger charge is -2.18. The Kier molecular flexibility index (Phi) is 6.64. The van der Waals surface area contributed by atoms with E-state index in [-0.39, 0.29) is 17.3 Å². The van der Waals surface area contributed by atoms with Gasteiger partial charge in [0.25, 0.3) is 11.5 Å². The van der Waals surface area contributed by atoms with Gasteiger partial charge in [-0.15, -0.1) is 0 Å². The second kappa shape index (κ2) is 9.39. The molecule has 0 aliphatic carbocycles. The van der Waals surface area contributed by atoms with Crippen LogP contribution in [0.2, 0.25) is 0 Å². The maximum absolute atomic E-state index is 13.2. The minimum absolute atomic E-state index is 0.0570. The molecule has 32 heavy (non-hydrogen) atoms. The number of methoxy groups -OCH3 is 3. The third-order valence-electron chi connectivity index (χ3n) is 4.96. The molecule has 1 N–H and O–H groups in total. The van der Waals surface area contributed by atoms with Crippen LogP contribution in [0.4, 0.5) is 0 Å². The maximum atomic E-state index is 13.2. The number of amides is 1. The number of nitrogens with one attached hydrogen (secondary N) is 1. The zero-order valence-corrected chi connectivity index (χ0v) is 18.5. The topological polar surface area (TPSA) is 115 Å². The van der Waals surface area contributed by atoms with Crippen molar-refractivity contribution < 1.29 is 19.0 Å². The average molecular weight is 436 g/mol. The molecular formula is C23H24N4O5. The molecule has 1 amide bonds. The molecule has 3 rings (SSSR count). The summed E-state index contributed by atoms with van der Waals surface area (Å²) >= 11 is 0. The Labute approximate surface area is 185 Å². The fourth-order valence-corrected chi connectivity index (χ4v) is 3.38. The van der Waals surface area contributed by atoms with Gasteiger partial charge < -0.3 is 19.5 Å². The lowest BCUT2D eigenvalue weighted by atomic mass is 10.1. The molecule has 1 aromatic heterocycles. The van der Waals surface area contributed by atoms with E-state index in [4.69, 9.17) is 14.2 Å². The zero-order valence-electron chi connectivity index (χ0n) is 18.5. The Hall–Kier alpha value is -4.06. The second-order valence-corrected chi connectivity index (χ2v) is 7.23. The SMILES string of the molecule is COc1cc(C(C#N)NC(=O)c2nn(C(C)C)c(=O)c3ccccc23)cc(OC)c1OC. The third kappa shape index (κ3) is 4.07. The van der Waals surface area contributed by atoms with Gasteiger partial charge in [-0.25, -0.2) is 4.68 Å². The quantitative estimate of drug-likeness (QED) is 0.605. The first-order chi connectivity index (χ1) is 15.4. The lowest BCUT2D eigenvalue weighted by Crippen LogP contribution is -2.33. The van der Waals surface area contributed by atoms with Crippen LogP contribution in [0.5, 0.6) is 17.2 Å². The van der Waals surface area contributed by atoms with Gasteiger partial charge in [0.2, 0.25) is 5.75 Å². The minimum Gasteiger partial charge on any atom is -0.493 e. The summed E-state index contributed by atoms with van der Waals surface area (Å²) in [4.78, 5) is 25.9. The van der Waals surface area contributed by atoms with Crippen molar-refractivity contribution in [3.63, 3.8) is 0 Å². The predicted octanol–water partition coefficient (Wildman–Crippen LogP) is 3.00. The molecule has 3 aromatic rings. The summed E-state index contributed by atoms with van der Waals surface area (Å²) in [5, 5.41) is 17.5. The van der Waals surface area contributed by atoms with Crippen LogP contribution in [0.25, 0.3) is 10.8 Å². The Balaban J connectivity index is 2.07. The van der Waals surface area contributed by atoms with E-state index >= 15 is 0 Å². The molecule has 1 heterocycles. The molecular weight excluding hydrogens is 412 g/mol. The van der Waals surface area contributed by atoms with Gasteiger partial charge in [-0.3, -0.25) is 9.59 Å². The molecule has 0 saturated heterocycles. The molecule has 2 aromatic carbocycles. The first kappa shape index (κ1) is 22.6. The molecule has 0 saturated carbocycles. The van der Waals surface area contributed by atoms with Crippen molar-refractivity contribution >= 4 is 16.7 Å². The summed E-state index contributed by atoms with van der Waals surface area (Å²) in [5.41, 5.74) is 0.215. The highest BCUT2D eigenvalue weighted by Gasteiger charge is 2.23. The number of nitriles is 1. The molecule has 166 valence electrons. The highest BCUT2D eigenvalue weighted by molar-refractivity contribution is 6.05. The van der Waals surface area contributed by atoms with Gasteiger partial charge in [-0.2, -0.15) is 10.4 Å². The van der Waals surface area contributed by atoms with Crippen molar-refractivity contribution in [2.24, 2.45) is 0 Å². The highest BCUT2D eigenvalue weighted by Crippen LogP contribution is 2.39. The van der Waals surface area contributed by atoms with E-state index in [1.165, 1.54) is 26.0 Å². The number of carbonyl (C=O) groups is 1. The van der Waals surface area contributed by atoms with Gasteiger partial charge in [-0.05, 0) is 37.6 Å². The Morgan fingerprint density at radius 3 is 2.16 bits per heavy atom. The number of rotatable bonds is 7.